The molecule has 4 atom stereocenters. The molecule has 3 aliphatic rings. The molecule has 2 saturated heterocycles. The SMILES string of the molecule is COC(=O)c1ccccc1N1C(=O)[C@@H]2[C@H](C1=O)[C@@H]1c3ccccc3C=CN1[C@@H]2C(=O)c1ccc(Cl)cc1. The molecule has 0 spiro atoms. The Morgan fingerprint density at radius 2 is 1.54 bits per heavy atom. The summed E-state index contributed by atoms with van der Waals surface area (Å²) in [5.41, 5.74) is 2.46. The van der Waals surface area contributed by atoms with Crippen molar-refractivity contribution in [3.63, 3.8) is 0 Å². The van der Waals surface area contributed by atoms with E-state index in [9.17, 15) is 19.2 Å². The zero-order valence-corrected chi connectivity index (χ0v) is 20.5. The Bertz CT molecular complexity index is 1500. The number of benzene rings is 3. The van der Waals surface area contributed by atoms with E-state index in [0.717, 1.165) is 16.0 Å². The number of hydrogen-bond donors (Lipinski definition) is 0. The first-order valence-corrected chi connectivity index (χ1v) is 12.2. The van der Waals surface area contributed by atoms with Gasteiger partial charge in [0, 0.05) is 16.8 Å². The number of fused-ring (bicyclic) bond motifs is 5. The van der Waals surface area contributed by atoms with Crippen LogP contribution in [0.3, 0.4) is 0 Å². The first-order chi connectivity index (χ1) is 17.9. The van der Waals surface area contributed by atoms with Crippen LogP contribution < -0.4 is 4.90 Å². The summed E-state index contributed by atoms with van der Waals surface area (Å²) in [7, 11) is 1.24. The van der Waals surface area contributed by atoms with E-state index >= 15 is 0 Å². The minimum Gasteiger partial charge on any atom is -0.465 e. The van der Waals surface area contributed by atoms with Gasteiger partial charge in [-0.3, -0.25) is 14.4 Å². The van der Waals surface area contributed by atoms with Crippen molar-refractivity contribution in [3.05, 3.63) is 106 Å². The Hall–Kier alpha value is -4.23. The predicted molar refractivity (Wildman–Crippen MR) is 137 cm³/mol. The molecule has 0 aliphatic carbocycles. The van der Waals surface area contributed by atoms with E-state index in [0.29, 0.717) is 10.6 Å². The van der Waals surface area contributed by atoms with Gasteiger partial charge < -0.3 is 9.64 Å². The Labute approximate surface area is 217 Å². The van der Waals surface area contributed by atoms with Crippen LogP contribution >= 0.6 is 11.6 Å². The molecule has 8 heteroatoms. The molecular formula is C29H21ClN2O5. The van der Waals surface area contributed by atoms with Gasteiger partial charge in [0.05, 0.1) is 36.2 Å². The largest absolute Gasteiger partial charge is 0.465 e. The molecule has 6 rings (SSSR count). The van der Waals surface area contributed by atoms with Crippen molar-refractivity contribution in [2.75, 3.05) is 12.0 Å². The van der Waals surface area contributed by atoms with Crippen molar-refractivity contribution >= 4 is 46.9 Å². The van der Waals surface area contributed by atoms with Crippen LogP contribution in [0.15, 0.2) is 79.0 Å². The molecule has 37 heavy (non-hydrogen) atoms. The molecule has 0 radical (unpaired) electrons. The highest BCUT2D eigenvalue weighted by molar-refractivity contribution is 6.30. The van der Waals surface area contributed by atoms with Crippen LogP contribution in [0.4, 0.5) is 5.69 Å². The van der Waals surface area contributed by atoms with Crippen LogP contribution in [0.1, 0.15) is 37.9 Å². The predicted octanol–water partition coefficient (Wildman–Crippen LogP) is 4.52. The number of esters is 1. The molecule has 0 unspecified atom stereocenters. The lowest BCUT2D eigenvalue weighted by Crippen LogP contribution is -2.44. The van der Waals surface area contributed by atoms with Gasteiger partial charge >= 0.3 is 5.97 Å². The van der Waals surface area contributed by atoms with Crippen molar-refractivity contribution in [1.82, 2.24) is 4.90 Å². The molecule has 0 N–H and O–H groups in total. The van der Waals surface area contributed by atoms with Crippen molar-refractivity contribution in [3.8, 4) is 0 Å². The number of Topliss-reactive ketones (excluding diaryl/α,β-unsaturated/α-hetero) is 1. The number of anilines is 1. The number of nitrogens with zero attached hydrogens (tertiary/aromatic N) is 2. The summed E-state index contributed by atoms with van der Waals surface area (Å²) in [6, 6.07) is 19.1. The maximum absolute atomic E-state index is 14.0. The van der Waals surface area contributed by atoms with Crippen molar-refractivity contribution in [2.24, 2.45) is 11.8 Å². The fourth-order valence-electron chi connectivity index (χ4n) is 5.83. The maximum Gasteiger partial charge on any atom is 0.339 e. The fraction of sp³-hybridized carbons (Fsp3) is 0.172. The van der Waals surface area contributed by atoms with Gasteiger partial charge in [0.25, 0.3) is 0 Å². The zero-order chi connectivity index (χ0) is 25.8. The molecule has 184 valence electrons. The number of halogens is 1. The van der Waals surface area contributed by atoms with Gasteiger partial charge in [-0.25, -0.2) is 9.69 Å². The zero-order valence-electron chi connectivity index (χ0n) is 19.7. The minimum absolute atomic E-state index is 0.105. The van der Waals surface area contributed by atoms with E-state index in [1.807, 2.05) is 35.2 Å². The summed E-state index contributed by atoms with van der Waals surface area (Å²) >= 11 is 6.04. The fourth-order valence-corrected chi connectivity index (χ4v) is 5.96. The molecule has 3 aromatic carbocycles. The van der Waals surface area contributed by atoms with Crippen molar-refractivity contribution < 1.29 is 23.9 Å². The third-order valence-electron chi connectivity index (χ3n) is 7.41. The number of imide groups is 1. The number of carbonyl (C=O) groups is 4. The molecule has 7 nitrogen and oxygen atoms in total. The molecule has 3 heterocycles. The molecule has 0 aromatic heterocycles. The van der Waals surface area contributed by atoms with E-state index in [1.54, 1.807) is 48.7 Å². The smallest absolute Gasteiger partial charge is 0.339 e. The summed E-state index contributed by atoms with van der Waals surface area (Å²) in [5.74, 6) is -3.65. The number of rotatable bonds is 4. The van der Waals surface area contributed by atoms with E-state index in [-0.39, 0.29) is 17.0 Å². The average Bonchev–Trinajstić information content (AvgIpc) is 3.40. The van der Waals surface area contributed by atoms with Gasteiger partial charge in [0.1, 0.15) is 6.04 Å². The number of ketones is 1. The van der Waals surface area contributed by atoms with Crippen LogP contribution in [0, 0.1) is 11.8 Å². The molecule has 0 bridgehead atoms. The number of hydrogen-bond acceptors (Lipinski definition) is 6. The Kier molecular flexibility index (Phi) is 5.46. The number of amides is 2. The van der Waals surface area contributed by atoms with E-state index in [4.69, 9.17) is 16.3 Å². The number of ether oxygens (including phenoxy) is 1. The van der Waals surface area contributed by atoms with Crippen LogP contribution in [0.25, 0.3) is 6.08 Å². The maximum atomic E-state index is 14.0. The van der Waals surface area contributed by atoms with Gasteiger partial charge in [0.15, 0.2) is 5.78 Å². The van der Waals surface area contributed by atoms with Crippen molar-refractivity contribution in [2.45, 2.75) is 12.1 Å². The average molecular weight is 513 g/mol. The minimum atomic E-state index is -0.942. The standard InChI is InChI=1S/C29H21ClN2O5/c1-37-29(36)20-8-4-5-9-21(20)32-27(34)22-23(28(32)35)25(26(33)17-10-12-18(30)13-11-17)31-15-14-16-6-2-3-7-19(16)24(22)31/h2-15,22-25H,1H3/t22-,23+,24-,25-/m0/s1. The molecule has 3 aliphatic heterocycles. The first-order valence-electron chi connectivity index (χ1n) is 11.8. The van der Waals surface area contributed by atoms with E-state index < -0.39 is 41.7 Å². The van der Waals surface area contributed by atoms with Gasteiger partial charge in [0.2, 0.25) is 11.8 Å². The van der Waals surface area contributed by atoms with E-state index in [1.165, 1.54) is 13.2 Å². The Morgan fingerprint density at radius 3 is 2.30 bits per heavy atom. The summed E-state index contributed by atoms with van der Waals surface area (Å²) in [4.78, 5) is 57.4. The lowest BCUT2D eigenvalue weighted by atomic mass is 9.83. The molecule has 0 saturated carbocycles. The lowest BCUT2D eigenvalue weighted by Gasteiger charge is -2.35. The highest BCUT2D eigenvalue weighted by Gasteiger charge is 2.64. The van der Waals surface area contributed by atoms with Crippen LogP contribution in [-0.2, 0) is 14.3 Å². The third kappa shape index (κ3) is 3.42. The topological polar surface area (TPSA) is 84.0 Å². The second kappa shape index (κ2) is 8.71. The number of carbonyl (C=O) groups excluding carboxylic acids is 4. The summed E-state index contributed by atoms with van der Waals surface area (Å²) in [6.45, 7) is 0. The normalized spacial score (nSPS) is 23.5. The van der Waals surface area contributed by atoms with Gasteiger partial charge in [-0.2, -0.15) is 0 Å². The number of methoxy groups -OCH3 is 1. The third-order valence-corrected chi connectivity index (χ3v) is 7.66. The highest BCUT2D eigenvalue weighted by atomic mass is 35.5. The highest BCUT2D eigenvalue weighted by Crippen LogP contribution is 2.54. The van der Waals surface area contributed by atoms with Crippen LogP contribution in [0.2, 0.25) is 5.02 Å². The van der Waals surface area contributed by atoms with E-state index in [2.05, 4.69) is 0 Å². The Balaban J connectivity index is 1.50. The van der Waals surface area contributed by atoms with Crippen molar-refractivity contribution in [1.29, 1.82) is 0 Å². The molecule has 2 fully saturated rings. The number of para-hydroxylation sites is 1. The second-order valence-electron chi connectivity index (χ2n) is 9.22. The van der Waals surface area contributed by atoms with Crippen LogP contribution in [0.5, 0.6) is 0 Å². The quantitative estimate of drug-likeness (QED) is 0.290. The van der Waals surface area contributed by atoms with Crippen LogP contribution in [-0.4, -0.2) is 41.6 Å². The summed E-state index contributed by atoms with van der Waals surface area (Å²) in [6.07, 6.45) is 3.70. The Morgan fingerprint density at radius 1 is 0.865 bits per heavy atom. The lowest BCUT2D eigenvalue weighted by molar-refractivity contribution is -0.123. The molecular weight excluding hydrogens is 492 g/mol. The summed E-state index contributed by atoms with van der Waals surface area (Å²) < 4.78 is 4.89. The monoisotopic (exact) mass is 512 g/mol. The summed E-state index contributed by atoms with van der Waals surface area (Å²) in [5, 5.41) is 0.489. The second-order valence-corrected chi connectivity index (χ2v) is 9.66. The van der Waals surface area contributed by atoms with Gasteiger partial charge in [-0.05, 0) is 53.6 Å². The first kappa shape index (κ1) is 23.2. The molecule has 2 amide bonds. The van der Waals surface area contributed by atoms with Gasteiger partial charge in [-0.15, -0.1) is 0 Å². The molecule has 3 aromatic rings. The van der Waals surface area contributed by atoms with Gasteiger partial charge in [-0.1, -0.05) is 48.0 Å².